The Balaban J connectivity index is 1.80. The lowest BCUT2D eigenvalue weighted by molar-refractivity contribution is -0.146. The molecule has 2 fully saturated rings. The summed E-state index contributed by atoms with van der Waals surface area (Å²) in [5.41, 5.74) is -1.04. The summed E-state index contributed by atoms with van der Waals surface area (Å²) >= 11 is 1.57. The van der Waals surface area contributed by atoms with Crippen LogP contribution in [0.2, 0.25) is 0 Å². The maximum Gasteiger partial charge on any atom is 0.330 e. The second-order valence-corrected chi connectivity index (χ2v) is 6.02. The van der Waals surface area contributed by atoms with Gasteiger partial charge in [0.2, 0.25) is 5.91 Å². The highest BCUT2D eigenvalue weighted by atomic mass is 32.2. The van der Waals surface area contributed by atoms with E-state index in [1.165, 1.54) is 0 Å². The third kappa shape index (κ3) is 3.17. The number of carboxylic acids is 1. The number of thioether (sulfide) groups is 1. The summed E-state index contributed by atoms with van der Waals surface area (Å²) < 4.78 is 5.45. The number of carboxylic acid groups (broad SMARTS) is 1. The first-order valence-corrected chi connectivity index (χ1v) is 7.52. The molecule has 1 amide bonds. The topological polar surface area (TPSA) is 75.6 Å². The third-order valence-electron chi connectivity index (χ3n) is 3.53. The average molecular weight is 273 g/mol. The summed E-state index contributed by atoms with van der Waals surface area (Å²) in [6, 6.07) is 0. The molecule has 0 bridgehead atoms. The van der Waals surface area contributed by atoms with E-state index in [4.69, 9.17) is 4.74 Å². The van der Waals surface area contributed by atoms with E-state index in [1.807, 2.05) is 0 Å². The highest BCUT2D eigenvalue weighted by Gasteiger charge is 2.43. The number of nitrogens with one attached hydrogen (secondary N) is 1. The molecule has 0 aliphatic carbocycles. The Morgan fingerprint density at radius 1 is 1.50 bits per heavy atom. The smallest absolute Gasteiger partial charge is 0.330 e. The van der Waals surface area contributed by atoms with Gasteiger partial charge in [-0.05, 0) is 31.4 Å². The molecular formula is C12H19NO4S. The van der Waals surface area contributed by atoms with E-state index >= 15 is 0 Å². The van der Waals surface area contributed by atoms with Crippen molar-refractivity contribution in [2.45, 2.75) is 43.7 Å². The van der Waals surface area contributed by atoms with E-state index in [0.717, 1.165) is 25.2 Å². The molecule has 2 aliphatic rings. The molecule has 2 saturated heterocycles. The molecule has 102 valence electrons. The zero-order valence-electron chi connectivity index (χ0n) is 10.3. The minimum Gasteiger partial charge on any atom is -0.479 e. The minimum atomic E-state index is -1.04. The van der Waals surface area contributed by atoms with Crippen molar-refractivity contribution in [2.24, 2.45) is 0 Å². The molecule has 5 nitrogen and oxygen atoms in total. The molecule has 0 aromatic rings. The van der Waals surface area contributed by atoms with E-state index in [0.29, 0.717) is 25.0 Å². The first kappa shape index (κ1) is 13.7. The molecule has 18 heavy (non-hydrogen) atoms. The van der Waals surface area contributed by atoms with Crippen LogP contribution in [0.4, 0.5) is 0 Å². The fourth-order valence-corrected chi connectivity index (χ4v) is 3.70. The summed E-state index contributed by atoms with van der Waals surface area (Å²) in [6.07, 6.45) is 3.79. The maximum atomic E-state index is 11.8. The molecule has 2 atom stereocenters. The molecule has 0 saturated carbocycles. The van der Waals surface area contributed by atoms with E-state index < -0.39 is 11.5 Å². The summed E-state index contributed by atoms with van der Waals surface area (Å²) in [6.45, 7) is 0.780. The molecule has 0 radical (unpaired) electrons. The van der Waals surface area contributed by atoms with Crippen LogP contribution < -0.4 is 5.32 Å². The Morgan fingerprint density at radius 2 is 2.33 bits per heavy atom. The summed E-state index contributed by atoms with van der Waals surface area (Å²) in [5.74, 6) is 0.167. The third-order valence-corrected chi connectivity index (χ3v) is 4.72. The number of rotatable bonds is 5. The summed E-state index contributed by atoms with van der Waals surface area (Å²) in [5, 5.41) is 11.9. The van der Waals surface area contributed by atoms with Crippen molar-refractivity contribution in [3.8, 4) is 0 Å². The van der Waals surface area contributed by atoms with Gasteiger partial charge >= 0.3 is 5.97 Å². The molecular weight excluding hydrogens is 254 g/mol. The standard InChI is InChI=1S/C12H19NO4S/c14-10(4-3-9-2-1-6-17-9)13-12(11(15)16)5-7-18-8-12/h9H,1-8H2,(H,13,14)(H,15,16). The Kier molecular flexibility index (Phi) is 4.50. The van der Waals surface area contributed by atoms with E-state index in [1.54, 1.807) is 11.8 Å². The van der Waals surface area contributed by atoms with Crippen molar-refractivity contribution >= 4 is 23.6 Å². The van der Waals surface area contributed by atoms with Gasteiger partial charge in [0.05, 0.1) is 6.10 Å². The molecule has 2 heterocycles. The van der Waals surface area contributed by atoms with Crippen LogP contribution in [0.25, 0.3) is 0 Å². The molecule has 2 rings (SSSR count). The second kappa shape index (κ2) is 5.93. The average Bonchev–Trinajstić information content (AvgIpc) is 2.97. The van der Waals surface area contributed by atoms with E-state index in [9.17, 15) is 14.7 Å². The molecule has 0 aromatic carbocycles. The lowest BCUT2D eigenvalue weighted by atomic mass is 9.98. The molecule has 2 aliphatic heterocycles. The van der Waals surface area contributed by atoms with Gasteiger partial charge in [0.15, 0.2) is 0 Å². The van der Waals surface area contributed by atoms with Crippen molar-refractivity contribution in [1.82, 2.24) is 5.32 Å². The minimum absolute atomic E-state index is 0.171. The van der Waals surface area contributed by atoms with Gasteiger partial charge in [0, 0.05) is 18.8 Å². The van der Waals surface area contributed by atoms with Crippen LogP contribution in [0.5, 0.6) is 0 Å². The van der Waals surface area contributed by atoms with Gasteiger partial charge in [0.1, 0.15) is 5.54 Å². The van der Waals surface area contributed by atoms with Gasteiger partial charge in [-0.15, -0.1) is 0 Å². The van der Waals surface area contributed by atoms with Crippen molar-refractivity contribution in [3.63, 3.8) is 0 Å². The van der Waals surface area contributed by atoms with E-state index in [-0.39, 0.29) is 12.0 Å². The first-order chi connectivity index (χ1) is 8.62. The van der Waals surface area contributed by atoms with Gasteiger partial charge in [-0.25, -0.2) is 4.79 Å². The lowest BCUT2D eigenvalue weighted by Gasteiger charge is -2.24. The fraction of sp³-hybridized carbons (Fsp3) is 0.833. The highest BCUT2D eigenvalue weighted by Crippen LogP contribution is 2.28. The van der Waals surface area contributed by atoms with Crippen LogP contribution in [0, 0.1) is 0 Å². The zero-order valence-corrected chi connectivity index (χ0v) is 11.1. The number of aliphatic carboxylic acids is 1. The Bertz CT molecular complexity index is 322. The number of hydrogen-bond acceptors (Lipinski definition) is 4. The SMILES string of the molecule is O=C(CCC1CCCO1)NC1(C(=O)O)CCSC1. The normalized spacial score (nSPS) is 31.4. The van der Waals surface area contributed by atoms with E-state index in [2.05, 4.69) is 5.32 Å². The van der Waals surface area contributed by atoms with Crippen molar-refractivity contribution in [1.29, 1.82) is 0 Å². The predicted molar refractivity (Wildman–Crippen MR) is 68.7 cm³/mol. The first-order valence-electron chi connectivity index (χ1n) is 6.36. The monoisotopic (exact) mass is 273 g/mol. The van der Waals surface area contributed by atoms with Crippen LogP contribution in [0.3, 0.4) is 0 Å². The van der Waals surface area contributed by atoms with Gasteiger partial charge in [-0.3, -0.25) is 4.79 Å². The molecule has 0 spiro atoms. The van der Waals surface area contributed by atoms with Gasteiger partial charge in [-0.2, -0.15) is 11.8 Å². The Hall–Kier alpha value is -0.750. The van der Waals surface area contributed by atoms with Gasteiger partial charge < -0.3 is 15.2 Å². The van der Waals surface area contributed by atoms with Crippen molar-refractivity contribution in [3.05, 3.63) is 0 Å². The van der Waals surface area contributed by atoms with Crippen LogP contribution in [-0.2, 0) is 14.3 Å². The highest BCUT2D eigenvalue weighted by molar-refractivity contribution is 7.99. The van der Waals surface area contributed by atoms with Crippen LogP contribution >= 0.6 is 11.8 Å². The number of amides is 1. The van der Waals surface area contributed by atoms with Gasteiger partial charge in [-0.1, -0.05) is 0 Å². The maximum absolute atomic E-state index is 11.8. The Labute approximate surface area is 111 Å². The number of hydrogen-bond donors (Lipinski definition) is 2. The zero-order chi connectivity index (χ0) is 13.0. The summed E-state index contributed by atoms with van der Waals surface area (Å²) in [4.78, 5) is 23.1. The van der Waals surface area contributed by atoms with Crippen LogP contribution in [0.15, 0.2) is 0 Å². The lowest BCUT2D eigenvalue weighted by Crippen LogP contribution is -2.54. The van der Waals surface area contributed by atoms with Crippen molar-refractivity contribution in [2.75, 3.05) is 18.1 Å². The molecule has 2 N–H and O–H groups in total. The second-order valence-electron chi connectivity index (χ2n) is 4.91. The van der Waals surface area contributed by atoms with Crippen molar-refractivity contribution < 1.29 is 19.4 Å². The fourth-order valence-electron chi connectivity index (χ4n) is 2.38. The molecule has 6 heteroatoms. The van der Waals surface area contributed by atoms with Crippen LogP contribution in [0.1, 0.15) is 32.1 Å². The Morgan fingerprint density at radius 3 is 2.89 bits per heavy atom. The molecule has 0 aromatic heterocycles. The number of carbonyl (C=O) groups excluding carboxylic acids is 1. The quantitative estimate of drug-likeness (QED) is 0.782. The summed E-state index contributed by atoms with van der Waals surface area (Å²) in [7, 11) is 0. The van der Waals surface area contributed by atoms with Crippen LogP contribution in [-0.4, -0.2) is 46.7 Å². The number of carbonyl (C=O) groups is 2. The number of ether oxygens (including phenoxy) is 1. The predicted octanol–water partition coefficient (Wildman–Crippen LogP) is 1.02. The molecule has 2 unspecified atom stereocenters. The van der Waals surface area contributed by atoms with Gasteiger partial charge in [0.25, 0.3) is 0 Å². The largest absolute Gasteiger partial charge is 0.479 e.